The zero-order chi connectivity index (χ0) is 21.1. The summed E-state index contributed by atoms with van der Waals surface area (Å²) in [7, 11) is 1.44. The maximum absolute atomic E-state index is 12.4. The second kappa shape index (κ2) is 11.8. The van der Waals surface area contributed by atoms with Gasteiger partial charge in [0.05, 0.1) is 6.61 Å². The van der Waals surface area contributed by atoms with Crippen molar-refractivity contribution >= 4 is 12.0 Å². The van der Waals surface area contributed by atoms with E-state index in [0.717, 1.165) is 0 Å². The predicted octanol–water partition coefficient (Wildman–Crippen LogP) is 2.06. The second-order valence-corrected chi connectivity index (χ2v) is 6.08. The quantitative estimate of drug-likeness (QED) is 0.556. The molecule has 0 saturated carbocycles. The minimum Gasteiger partial charge on any atom is -0.491 e. The van der Waals surface area contributed by atoms with Gasteiger partial charge in [0.2, 0.25) is 0 Å². The van der Waals surface area contributed by atoms with E-state index >= 15 is 0 Å². The van der Waals surface area contributed by atoms with E-state index in [1.165, 1.54) is 7.11 Å². The van der Waals surface area contributed by atoms with Crippen LogP contribution in [0.2, 0.25) is 0 Å². The molecule has 0 bridgehead atoms. The molecule has 0 spiro atoms. The normalized spacial score (nSPS) is 12.7. The Balaban J connectivity index is 2.17. The number of amides is 2. The number of methoxy groups -OCH3 is 1. The van der Waals surface area contributed by atoms with Crippen LogP contribution >= 0.6 is 0 Å². The first-order chi connectivity index (χ1) is 14.1. The van der Waals surface area contributed by atoms with Crippen LogP contribution < -0.4 is 10.1 Å². The third kappa shape index (κ3) is 6.86. The van der Waals surface area contributed by atoms with E-state index < -0.39 is 24.2 Å². The molecule has 0 radical (unpaired) electrons. The van der Waals surface area contributed by atoms with E-state index in [4.69, 9.17) is 19.3 Å². The van der Waals surface area contributed by atoms with E-state index in [0.29, 0.717) is 16.9 Å². The van der Waals surface area contributed by atoms with Crippen LogP contribution in [-0.4, -0.2) is 55.2 Å². The zero-order valence-electron chi connectivity index (χ0n) is 16.1. The Kier molecular flexibility index (Phi) is 9.10. The summed E-state index contributed by atoms with van der Waals surface area (Å²) in [5.74, 6) is -0.115. The summed E-state index contributed by atoms with van der Waals surface area (Å²) in [6, 6.07) is 15.0. The standard InChI is InChI=1S/C21H25NO7/c1-27-18(10-11-23)19(16-8-5-9-17(14-16)28-13-12-24)29-21(26)22-20(25)15-6-3-2-4-7-15/h2-9,14,18-19,23-24H,10-13H2,1H3,(H,22,25,26)/t18-,19-/m0/s1. The molecule has 0 aliphatic heterocycles. The highest BCUT2D eigenvalue weighted by atomic mass is 16.6. The average Bonchev–Trinajstić information content (AvgIpc) is 2.75. The number of hydrogen-bond donors (Lipinski definition) is 3. The lowest BCUT2D eigenvalue weighted by Gasteiger charge is -2.26. The number of imide groups is 1. The van der Waals surface area contributed by atoms with Gasteiger partial charge in [0, 0.05) is 25.7 Å². The van der Waals surface area contributed by atoms with Gasteiger partial charge in [-0.25, -0.2) is 4.79 Å². The molecule has 29 heavy (non-hydrogen) atoms. The van der Waals surface area contributed by atoms with Crippen LogP contribution in [0, 0.1) is 0 Å². The Bertz CT molecular complexity index is 782. The number of carbonyl (C=O) groups excluding carboxylic acids is 2. The maximum atomic E-state index is 12.4. The lowest BCUT2D eigenvalue weighted by atomic mass is 10.0. The number of hydrogen-bond acceptors (Lipinski definition) is 7. The number of ether oxygens (including phenoxy) is 3. The molecule has 0 unspecified atom stereocenters. The number of carbonyl (C=O) groups is 2. The first kappa shape index (κ1) is 22.4. The zero-order valence-corrected chi connectivity index (χ0v) is 16.1. The molecule has 156 valence electrons. The number of aliphatic hydroxyl groups is 2. The van der Waals surface area contributed by atoms with E-state index in [-0.39, 0.29) is 26.2 Å². The van der Waals surface area contributed by atoms with Gasteiger partial charge in [0.25, 0.3) is 5.91 Å². The fourth-order valence-electron chi connectivity index (χ4n) is 2.72. The van der Waals surface area contributed by atoms with E-state index in [1.807, 2.05) is 0 Å². The minimum atomic E-state index is -0.939. The number of benzene rings is 2. The lowest BCUT2D eigenvalue weighted by molar-refractivity contribution is -0.0338. The fraction of sp³-hybridized carbons (Fsp3) is 0.333. The van der Waals surface area contributed by atoms with Crippen molar-refractivity contribution < 1.29 is 34.0 Å². The largest absolute Gasteiger partial charge is 0.491 e. The summed E-state index contributed by atoms with van der Waals surface area (Å²) in [6.07, 6.45) is -2.27. The summed E-state index contributed by atoms with van der Waals surface area (Å²) >= 11 is 0. The van der Waals surface area contributed by atoms with Crippen LogP contribution in [0.3, 0.4) is 0 Å². The molecule has 2 aromatic carbocycles. The lowest BCUT2D eigenvalue weighted by Crippen LogP contribution is -2.35. The van der Waals surface area contributed by atoms with E-state index in [2.05, 4.69) is 5.32 Å². The molecular weight excluding hydrogens is 378 g/mol. The number of alkyl carbamates (subject to hydrolysis) is 1. The molecule has 0 aliphatic carbocycles. The van der Waals surface area contributed by atoms with Gasteiger partial charge >= 0.3 is 6.09 Å². The second-order valence-electron chi connectivity index (χ2n) is 6.08. The summed E-state index contributed by atoms with van der Waals surface area (Å²) in [6.45, 7) is -0.200. The topological polar surface area (TPSA) is 114 Å². The summed E-state index contributed by atoms with van der Waals surface area (Å²) in [5.41, 5.74) is 0.877. The molecule has 0 fully saturated rings. The van der Waals surface area contributed by atoms with Crippen molar-refractivity contribution in [2.75, 3.05) is 26.9 Å². The molecule has 0 aromatic heterocycles. The molecule has 8 nitrogen and oxygen atoms in total. The van der Waals surface area contributed by atoms with Crippen LogP contribution in [0.25, 0.3) is 0 Å². The Morgan fingerprint density at radius 3 is 2.45 bits per heavy atom. The Hall–Kier alpha value is -2.94. The third-order valence-corrected chi connectivity index (χ3v) is 4.09. The van der Waals surface area contributed by atoms with E-state index in [9.17, 15) is 14.7 Å². The van der Waals surface area contributed by atoms with Crippen LogP contribution in [0.5, 0.6) is 5.75 Å². The summed E-state index contributed by atoms with van der Waals surface area (Å²) < 4.78 is 16.3. The molecule has 2 rings (SSSR count). The molecule has 0 saturated heterocycles. The predicted molar refractivity (Wildman–Crippen MR) is 105 cm³/mol. The molecular formula is C21H25NO7. The highest BCUT2D eigenvalue weighted by Gasteiger charge is 2.28. The molecule has 8 heteroatoms. The molecule has 3 N–H and O–H groups in total. The van der Waals surface area contributed by atoms with Crippen molar-refractivity contribution in [3.05, 3.63) is 65.7 Å². The maximum Gasteiger partial charge on any atom is 0.414 e. The first-order valence-corrected chi connectivity index (χ1v) is 9.13. The molecule has 2 amide bonds. The fourth-order valence-corrected chi connectivity index (χ4v) is 2.72. The highest BCUT2D eigenvalue weighted by molar-refractivity contribution is 6.02. The van der Waals surface area contributed by atoms with Gasteiger partial charge in [-0.3, -0.25) is 10.1 Å². The van der Waals surface area contributed by atoms with Crippen LogP contribution in [0.4, 0.5) is 4.79 Å². The van der Waals surface area contributed by atoms with Crippen LogP contribution in [-0.2, 0) is 9.47 Å². The van der Waals surface area contributed by atoms with Crippen LogP contribution in [0.1, 0.15) is 28.4 Å². The van der Waals surface area contributed by atoms with E-state index in [1.54, 1.807) is 54.6 Å². The van der Waals surface area contributed by atoms with Crippen molar-refractivity contribution in [1.82, 2.24) is 5.32 Å². The SMILES string of the molecule is CO[C@@H](CCO)[C@@H](OC(=O)NC(=O)c1ccccc1)c1cccc(OCCO)c1. The van der Waals surface area contributed by atoms with Gasteiger partial charge in [-0.1, -0.05) is 30.3 Å². The number of rotatable bonds is 10. The van der Waals surface area contributed by atoms with Gasteiger partial charge < -0.3 is 24.4 Å². The third-order valence-electron chi connectivity index (χ3n) is 4.09. The number of nitrogens with one attached hydrogen (secondary N) is 1. The highest BCUT2D eigenvalue weighted by Crippen LogP contribution is 2.28. The molecule has 2 aromatic rings. The average molecular weight is 403 g/mol. The summed E-state index contributed by atoms with van der Waals surface area (Å²) in [4.78, 5) is 24.5. The minimum absolute atomic E-state index is 0.116. The number of aliphatic hydroxyl groups excluding tert-OH is 2. The summed E-state index contributed by atoms with van der Waals surface area (Å²) in [5, 5.41) is 20.4. The first-order valence-electron chi connectivity index (χ1n) is 9.13. The Morgan fingerprint density at radius 1 is 1.03 bits per heavy atom. The van der Waals surface area contributed by atoms with Gasteiger partial charge in [-0.2, -0.15) is 0 Å². The van der Waals surface area contributed by atoms with Crippen molar-refractivity contribution in [3.63, 3.8) is 0 Å². The van der Waals surface area contributed by atoms with Gasteiger partial charge in [-0.05, 0) is 29.8 Å². The molecule has 0 heterocycles. The molecule has 2 atom stereocenters. The van der Waals surface area contributed by atoms with Crippen molar-refractivity contribution in [2.45, 2.75) is 18.6 Å². The Labute approximate surface area is 169 Å². The smallest absolute Gasteiger partial charge is 0.414 e. The monoisotopic (exact) mass is 403 g/mol. The van der Waals surface area contributed by atoms with Gasteiger partial charge in [0.15, 0.2) is 6.10 Å². The Morgan fingerprint density at radius 2 is 1.79 bits per heavy atom. The van der Waals surface area contributed by atoms with Crippen molar-refractivity contribution in [3.8, 4) is 5.75 Å². The molecule has 0 aliphatic rings. The van der Waals surface area contributed by atoms with Crippen LogP contribution in [0.15, 0.2) is 54.6 Å². The van der Waals surface area contributed by atoms with Gasteiger partial charge in [0.1, 0.15) is 18.5 Å². The van der Waals surface area contributed by atoms with Crippen molar-refractivity contribution in [1.29, 1.82) is 0 Å². The van der Waals surface area contributed by atoms with Crippen molar-refractivity contribution in [2.24, 2.45) is 0 Å². The van der Waals surface area contributed by atoms with Gasteiger partial charge in [-0.15, -0.1) is 0 Å².